The molecule has 7 heteroatoms. The summed E-state index contributed by atoms with van der Waals surface area (Å²) in [6.07, 6.45) is -3.31. The van der Waals surface area contributed by atoms with Crippen molar-refractivity contribution in [3.63, 3.8) is 0 Å². The molecule has 1 fully saturated rings. The van der Waals surface area contributed by atoms with Gasteiger partial charge in [-0.3, -0.25) is 4.79 Å². The Kier molecular flexibility index (Phi) is 3.75. The maximum atomic E-state index is 13.1. The van der Waals surface area contributed by atoms with Gasteiger partial charge in [-0.1, -0.05) is 22.4 Å². The molecule has 110 valence electrons. The van der Waals surface area contributed by atoms with Crippen LogP contribution in [0, 0.1) is 0 Å². The number of alkyl halides is 3. The molecule has 3 nitrogen and oxygen atoms in total. The van der Waals surface area contributed by atoms with Gasteiger partial charge in [0.2, 0.25) is 0 Å². The van der Waals surface area contributed by atoms with E-state index in [1.807, 2.05) is 0 Å². The van der Waals surface area contributed by atoms with Crippen molar-refractivity contribution in [3.05, 3.63) is 27.7 Å². The summed E-state index contributed by atoms with van der Waals surface area (Å²) in [5, 5.41) is 9.39. The van der Waals surface area contributed by atoms with Crippen molar-refractivity contribution in [2.45, 2.75) is 30.9 Å². The van der Waals surface area contributed by atoms with Gasteiger partial charge >= 0.3 is 12.1 Å². The SMILES string of the molecule is COc1c(C(F)(F)F)cc(Br)cc1C1(C(=O)O)CCC1. The molecule has 1 aliphatic rings. The number of carboxylic acid groups (broad SMARTS) is 1. The second-order valence-electron chi connectivity index (χ2n) is 4.77. The van der Waals surface area contributed by atoms with E-state index in [0.717, 1.165) is 13.2 Å². The fourth-order valence-corrected chi connectivity index (χ4v) is 2.97. The topological polar surface area (TPSA) is 46.5 Å². The quantitative estimate of drug-likeness (QED) is 0.894. The lowest BCUT2D eigenvalue weighted by molar-refractivity contribution is -0.148. The van der Waals surface area contributed by atoms with E-state index in [0.29, 0.717) is 19.3 Å². The van der Waals surface area contributed by atoms with Crippen molar-refractivity contribution < 1.29 is 27.8 Å². The molecule has 0 amide bonds. The molecule has 0 unspecified atom stereocenters. The summed E-state index contributed by atoms with van der Waals surface area (Å²) in [5.41, 5.74) is -2.16. The predicted octanol–water partition coefficient (Wildman–Crippen LogP) is 3.98. The Labute approximate surface area is 121 Å². The molecular weight excluding hydrogens is 341 g/mol. The number of benzene rings is 1. The molecule has 0 aliphatic heterocycles. The first-order valence-corrected chi connectivity index (χ1v) is 6.70. The molecule has 0 spiro atoms. The third kappa shape index (κ3) is 2.28. The van der Waals surface area contributed by atoms with Crippen molar-refractivity contribution in [2.24, 2.45) is 0 Å². The first kappa shape index (κ1) is 15.2. The Morgan fingerprint density at radius 2 is 2.00 bits per heavy atom. The number of halogens is 4. The highest BCUT2D eigenvalue weighted by molar-refractivity contribution is 9.10. The Morgan fingerprint density at radius 3 is 2.35 bits per heavy atom. The van der Waals surface area contributed by atoms with Crippen LogP contribution in [0.3, 0.4) is 0 Å². The highest BCUT2D eigenvalue weighted by atomic mass is 79.9. The minimum Gasteiger partial charge on any atom is -0.496 e. The van der Waals surface area contributed by atoms with Crippen LogP contribution in [0.25, 0.3) is 0 Å². The Morgan fingerprint density at radius 1 is 1.40 bits per heavy atom. The second kappa shape index (κ2) is 4.95. The van der Waals surface area contributed by atoms with Gasteiger partial charge in [0.25, 0.3) is 0 Å². The van der Waals surface area contributed by atoms with Crippen molar-refractivity contribution in [1.82, 2.24) is 0 Å². The van der Waals surface area contributed by atoms with E-state index in [4.69, 9.17) is 4.74 Å². The lowest BCUT2D eigenvalue weighted by atomic mass is 9.64. The van der Waals surface area contributed by atoms with Gasteiger partial charge in [0.1, 0.15) is 5.75 Å². The summed E-state index contributed by atoms with van der Waals surface area (Å²) in [5.74, 6) is -1.52. The molecule has 0 bridgehead atoms. The van der Waals surface area contributed by atoms with Crippen molar-refractivity contribution >= 4 is 21.9 Å². The second-order valence-corrected chi connectivity index (χ2v) is 5.69. The van der Waals surface area contributed by atoms with Crippen molar-refractivity contribution in [3.8, 4) is 5.75 Å². The zero-order chi connectivity index (χ0) is 15.1. The van der Waals surface area contributed by atoms with Crippen LogP contribution in [0.1, 0.15) is 30.4 Å². The van der Waals surface area contributed by atoms with Gasteiger partial charge in [-0.25, -0.2) is 0 Å². The largest absolute Gasteiger partial charge is 0.496 e. The van der Waals surface area contributed by atoms with E-state index < -0.39 is 28.9 Å². The van der Waals surface area contributed by atoms with E-state index in [9.17, 15) is 23.1 Å². The van der Waals surface area contributed by atoms with Crippen LogP contribution >= 0.6 is 15.9 Å². The number of hydrogen-bond acceptors (Lipinski definition) is 2. The van der Waals surface area contributed by atoms with Gasteiger partial charge in [0.05, 0.1) is 18.1 Å². The first-order valence-electron chi connectivity index (χ1n) is 5.91. The molecule has 0 aromatic heterocycles. The number of carboxylic acids is 1. The lowest BCUT2D eigenvalue weighted by Crippen LogP contribution is -2.42. The van der Waals surface area contributed by atoms with Crippen LogP contribution in [0.5, 0.6) is 5.75 Å². The van der Waals surface area contributed by atoms with Gasteiger partial charge in [0, 0.05) is 10.0 Å². The number of methoxy groups -OCH3 is 1. The molecular formula is C13H12BrF3O3. The molecule has 0 saturated heterocycles. The van der Waals surface area contributed by atoms with Crippen molar-refractivity contribution in [1.29, 1.82) is 0 Å². The summed E-state index contributed by atoms with van der Waals surface area (Å²) < 4.78 is 44.2. The molecule has 0 atom stereocenters. The van der Waals surface area contributed by atoms with Gasteiger partial charge < -0.3 is 9.84 Å². The summed E-state index contributed by atoms with van der Waals surface area (Å²) in [4.78, 5) is 11.5. The summed E-state index contributed by atoms with van der Waals surface area (Å²) in [6.45, 7) is 0. The van der Waals surface area contributed by atoms with Gasteiger partial charge in [0.15, 0.2) is 0 Å². The van der Waals surface area contributed by atoms with E-state index in [-0.39, 0.29) is 10.0 Å². The summed E-state index contributed by atoms with van der Waals surface area (Å²) >= 11 is 3.02. The smallest absolute Gasteiger partial charge is 0.420 e. The van der Waals surface area contributed by atoms with Gasteiger partial charge in [-0.2, -0.15) is 13.2 Å². The third-order valence-corrected chi connectivity index (χ3v) is 4.15. The molecule has 20 heavy (non-hydrogen) atoms. The maximum absolute atomic E-state index is 13.1. The minimum absolute atomic E-state index is 0.0838. The Bertz CT molecular complexity index is 551. The van der Waals surface area contributed by atoms with Crippen LogP contribution in [-0.4, -0.2) is 18.2 Å². The third-order valence-electron chi connectivity index (χ3n) is 3.70. The number of carbonyl (C=O) groups is 1. The highest BCUT2D eigenvalue weighted by Crippen LogP contribution is 2.51. The van der Waals surface area contributed by atoms with Crippen LogP contribution in [0.4, 0.5) is 13.2 Å². The fourth-order valence-electron chi connectivity index (χ4n) is 2.51. The first-order chi connectivity index (χ1) is 9.22. The lowest BCUT2D eigenvalue weighted by Gasteiger charge is -2.39. The fraction of sp³-hybridized carbons (Fsp3) is 0.462. The average molecular weight is 353 g/mol. The molecule has 1 N–H and O–H groups in total. The summed E-state index contributed by atoms with van der Waals surface area (Å²) in [7, 11) is 1.12. The molecule has 0 heterocycles. The number of ether oxygens (including phenoxy) is 1. The maximum Gasteiger partial charge on any atom is 0.420 e. The number of rotatable bonds is 3. The molecule has 1 aromatic rings. The molecule has 0 radical (unpaired) electrons. The van der Waals surface area contributed by atoms with Gasteiger partial charge in [-0.15, -0.1) is 0 Å². The van der Waals surface area contributed by atoms with Crippen LogP contribution in [-0.2, 0) is 16.4 Å². The van der Waals surface area contributed by atoms with E-state index in [1.54, 1.807) is 0 Å². The minimum atomic E-state index is -4.60. The van der Waals surface area contributed by atoms with E-state index >= 15 is 0 Å². The average Bonchev–Trinajstić information content (AvgIpc) is 2.25. The Hall–Kier alpha value is -1.24. The van der Waals surface area contributed by atoms with E-state index in [2.05, 4.69) is 15.9 Å². The molecule has 1 aromatic carbocycles. The number of aliphatic carboxylic acids is 1. The van der Waals surface area contributed by atoms with Crippen molar-refractivity contribution in [2.75, 3.05) is 7.11 Å². The monoisotopic (exact) mass is 352 g/mol. The normalized spacial score (nSPS) is 17.4. The Balaban J connectivity index is 2.70. The predicted molar refractivity (Wildman–Crippen MR) is 68.9 cm³/mol. The summed E-state index contributed by atoms with van der Waals surface area (Å²) in [6, 6.07) is 2.30. The highest BCUT2D eigenvalue weighted by Gasteiger charge is 2.49. The molecule has 1 aliphatic carbocycles. The standard InChI is InChI=1S/C13H12BrF3O3/c1-20-10-8(12(11(18)19)3-2-4-12)5-7(14)6-9(10)13(15,16)17/h5-6H,2-4H2,1H3,(H,18,19). The van der Waals surface area contributed by atoms with Crippen LogP contribution in [0.2, 0.25) is 0 Å². The van der Waals surface area contributed by atoms with Crippen LogP contribution in [0.15, 0.2) is 16.6 Å². The zero-order valence-electron chi connectivity index (χ0n) is 10.6. The van der Waals surface area contributed by atoms with Crippen LogP contribution < -0.4 is 4.74 Å². The zero-order valence-corrected chi connectivity index (χ0v) is 12.1. The number of hydrogen-bond donors (Lipinski definition) is 1. The van der Waals surface area contributed by atoms with E-state index in [1.165, 1.54) is 6.07 Å². The molecule has 2 rings (SSSR count). The van der Waals surface area contributed by atoms with Gasteiger partial charge in [-0.05, 0) is 25.0 Å². The molecule has 1 saturated carbocycles.